The van der Waals surface area contributed by atoms with Crippen LogP contribution in [-0.4, -0.2) is 31.3 Å². The lowest BCUT2D eigenvalue weighted by Gasteiger charge is -2.11. The summed E-state index contributed by atoms with van der Waals surface area (Å²) in [4.78, 5) is 22.5. The van der Waals surface area contributed by atoms with E-state index in [9.17, 15) is 14.9 Å². The zero-order valence-corrected chi connectivity index (χ0v) is 18.3. The van der Waals surface area contributed by atoms with Crippen molar-refractivity contribution in [1.82, 2.24) is 14.8 Å². The SMILES string of the molecule is CCn1c(COc2cccc(C)c2C)nnc1SCC(=O)Nc1ccc([N+](=O)[O-])cc1. The largest absolute Gasteiger partial charge is 0.485 e. The Kier molecular flexibility index (Phi) is 7.24. The van der Waals surface area contributed by atoms with E-state index in [0.717, 1.165) is 16.9 Å². The molecule has 0 fully saturated rings. The molecule has 3 aromatic rings. The van der Waals surface area contributed by atoms with Gasteiger partial charge in [-0.1, -0.05) is 23.9 Å². The Balaban J connectivity index is 1.58. The molecule has 2 aromatic carbocycles. The fraction of sp³-hybridized carbons (Fsp3) is 0.286. The van der Waals surface area contributed by atoms with Gasteiger partial charge in [-0.2, -0.15) is 0 Å². The number of nitrogens with zero attached hydrogens (tertiary/aromatic N) is 4. The molecule has 0 bridgehead atoms. The average Bonchev–Trinajstić information content (AvgIpc) is 3.15. The van der Waals surface area contributed by atoms with Gasteiger partial charge in [-0.25, -0.2) is 0 Å². The van der Waals surface area contributed by atoms with Gasteiger partial charge in [-0.05, 0) is 50.1 Å². The normalized spacial score (nSPS) is 10.7. The minimum absolute atomic E-state index is 0.0287. The summed E-state index contributed by atoms with van der Waals surface area (Å²) in [5.41, 5.74) is 2.71. The number of carbonyl (C=O) groups excluding carboxylic acids is 1. The summed E-state index contributed by atoms with van der Waals surface area (Å²) in [5, 5.41) is 22.5. The van der Waals surface area contributed by atoms with Gasteiger partial charge >= 0.3 is 0 Å². The Labute approximate surface area is 184 Å². The van der Waals surface area contributed by atoms with Crippen LogP contribution in [0.3, 0.4) is 0 Å². The van der Waals surface area contributed by atoms with Crippen molar-refractivity contribution in [1.29, 1.82) is 0 Å². The Hall–Kier alpha value is -3.40. The Morgan fingerprint density at radius 3 is 2.61 bits per heavy atom. The molecular weight excluding hydrogens is 418 g/mol. The summed E-state index contributed by atoms with van der Waals surface area (Å²) in [7, 11) is 0. The molecule has 1 aromatic heterocycles. The van der Waals surface area contributed by atoms with E-state index in [1.807, 2.05) is 43.5 Å². The van der Waals surface area contributed by atoms with Gasteiger partial charge in [0.2, 0.25) is 5.91 Å². The topological polar surface area (TPSA) is 112 Å². The van der Waals surface area contributed by atoms with E-state index < -0.39 is 4.92 Å². The molecular formula is C21H23N5O4S. The van der Waals surface area contributed by atoms with Gasteiger partial charge in [-0.3, -0.25) is 14.9 Å². The van der Waals surface area contributed by atoms with E-state index in [4.69, 9.17) is 4.74 Å². The first-order valence-electron chi connectivity index (χ1n) is 9.67. The number of amides is 1. The molecule has 0 saturated carbocycles. The number of aromatic nitrogens is 3. The molecule has 1 N–H and O–H groups in total. The Morgan fingerprint density at radius 1 is 1.19 bits per heavy atom. The molecule has 0 aliphatic heterocycles. The number of nitro benzene ring substituents is 1. The third-order valence-corrected chi connectivity index (χ3v) is 5.68. The molecule has 9 nitrogen and oxygen atoms in total. The van der Waals surface area contributed by atoms with Crippen LogP contribution in [-0.2, 0) is 17.9 Å². The molecule has 1 heterocycles. The lowest BCUT2D eigenvalue weighted by Crippen LogP contribution is -2.15. The number of carbonyl (C=O) groups is 1. The number of hydrogen-bond acceptors (Lipinski definition) is 7. The second-order valence-electron chi connectivity index (χ2n) is 6.77. The molecule has 31 heavy (non-hydrogen) atoms. The highest BCUT2D eigenvalue weighted by atomic mass is 32.2. The highest BCUT2D eigenvalue weighted by Gasteiger charge is 2.15. The number of aryl methyl sites for hydroxylation is 1. The number of nitrogens with one attached hydrogen (secondary N) is 1. The number of rotatable bonds is 9. The van der Waals surface area contributed by atoms with E-state index in [2.05, 4.69) is 15.5 Å². The molecule has 1 amide bonds. The highest BCUT2D eigenvalue weighted by Crippen LogP contribution is 2.23. The van der Waals surface area contributed by atoms with Gasteiger partial charge in [0.15, 0.2) is 11.0 Å². The van der Waals surface area contributed by atoms with E-state index in [1.54, 1.807) is 0 Å². The second-order valence-corrected chi connectivity index (χ2v) is 7.71. The van der Waals surface area contributed by atoms with Crippen molar-refractivity contribution in [3.05, 3.63) is 69.5 Å². The highest BCUT2D eigenvalue weighted by molar-refractivity contribution is 7.99. The summed E-state index contributed by atoms with van der Waals surface area (Å²) in [5.74, 6) is 1.38. The molecule has 0 unspecified atom stereocenters. The van der Waals surface area contributed by atoms with Gasteiger partial charge in [0.05, 0.1) is 10.7 Å². The van der Waals surface area contributed by atoms with Crippen molar-refractivity contribution in [2.75, 3.05) is 11.1 Å². The average molecular weight is 442 g/mol. The van der Waals surface area contributed by atoms with Gasteiger partial charge < -0.3 is 14.6 Å². The van der Waals surface area contributed by atoms with Crippen LogP contribution in [0.15, 0.2) is 47.6 Å². The first-order valence-corrected chi connectivity index (χ1v) is 10.7. The molecule has 0 aliphatic rings. The fourth-order valence-electron chi connectivity index (χ4n) is 2.87. The molecule has 0 saturated heterocycles. The Morgan fingerprint density at radius 2 is 1.94 bits per heavy atom. The maximum absolute atomic E-state index is 12.2. The summed E-state index contributed by atoms with van der Waals surface area (Å²) >= 11 is 1.27. The van der Waals surface area contributed by atoms with Crippen LogP contribution in [0.4, 0.5) is 11.4 Å². The molecule has 0 aliphatic carbocycles. The van der Waals surface area contributed by atoms with Crippen molar-refractivity contribution in [3.63, 3.8) is 0 Å². The van der Waals surface area contributed by atoms with Crippen LogP contribution in [0.25, 0.3) is 0 Å². The number of thioether (sulfide) groups is 1. The van der Waals surface area contributed by atoms with E-state index in [0.29, 0.717) is 23.2 Å². The van der Waals surface area contributed by atoms with Crippen LogP contribution in [0, 0.1) is 24.0 Å². The molecule has 0 radical (unpaired) electrons. The van der Waals surface area contributed by atoms with Crippen molar-refractivity contribution in [3.8, 4) is 5.75 Å². The second kappa shape index (κ2) is 10.1. The summed E-state index contributed by atoms with van der Waals surface area (Å²) in [6, 6.07) is 11.6. The minimum atomic E-state index is -0.486. The number of nitro groups is 1. The van der Waals surface area contributed by atoms with Crippen LogP contribution in [0.5, 0.6) is 5.75 Å². The third-order valence-electron chi connectivity index (χ3n) is 4.72. The van der Waals surface area contributed by atoms with E-state index >= 15 is 0 Å². The number of benzene rings is 2. The molecule has 3 rings (SSSR count). The van der Waals surface area contributed by atoms with E-state index in [1.165, 1.54) is 36.0 Å². The van der Waals surface area contributed by atoms with Gasteiger partial charge in [-0.15, -0.1) is 10.2 Å². The van der Waals surface area contributed by atoms with E-state index in [-0.39, 0.29) is 24.0 Å². The minimum Gasteiger partial charge on any atom is -0.485 e. The number of ether oxygens (including phenoxy) is 1. The quantitative estimate of drug-likeness (QED) is 0.302. The maximum atomic E-state index is 12.2. The summed E-state index contributed by atoms with van der Waals surface area (Å²) in [6.45, 7) is 6.95. The number of hydrogen-bond donors (Lipinski definition) is 1. The van der Waals surface area contributed by atoms with Crippen LogP contribution in [0.2, 0.25) is 0 Å². The first-order chi connectivity index (χ1) is 14.9. The maximum Gasteiger partial charge on any atom is 0.269 e. The standard InChI is InChI=1S/C21H23N5O4S/c1-4-25-19(12-30-18-7-5-6-14(2)15(18)3)23-24-21(25)31-13-20(27)22-16-8-10-17(11-9-16)26(28)29/h5-11H,4,12-13H2,1-3H3,(H,22,27). The fourth-order valence-corrected chi connectivity index (χ4v) is 3.69. The zero-order valence-electron chi connectivity index (χ0n) is 17.5. The van der Waals surface area contributed by atoms with Gasteiger partial charge in [0.25, 0.3) is 5.69 Å². The monoisotopic (exact) mass is 441 g/mol. The number of anilines is 1. The Bertz CT molecular complexity index is 1080. The smallest absolute Gasteiger partial charge is 0.269 e. The predicted octanol–water partition coefficient (Wildman–Crippen LogP) is 4.13. The lowest BCUT2D eigenvalue weighted by atomic mass is 10.1. The van der Waals surface area contributed by atoms with Crippen molar-refractivity contribution in [2.45, 2.75) is 39.1 Å². The molecule has 10 heteroatoms. The van der Waals surface area contributed by atoms with Gasteiger partial charge in [0.1, 0.15) is 12.4 Å². The third kappa shape index (κ3) is 5.60. The van der Waals surface area contributed by atoms with Crippen LogP contribution in [0.1, 0.15) is 23.9 Å². The predicted molar refractivity (Wildman–Crippen MR) is 118 cm³/mol. The van der Waals surface area contributed by atoms with Crippen LogP contribution >= 0.6 is 11.8 Å². The molecule has 0 spiro atoms. The summed E-state index contributed by atoms with van der Waals surface area (Å²) in [6.07, 6.45) is 0. The van der Waals surface area contributed by atoms with Crippen LogP contribution < -0.4 is 10.1 Å². The number of non-ortho nitro benzene ring substituents is 1. The van der Waals surface area contributed by atoms with Crippen molar-refractivity contribution < 1.29 is 14.5 Å². The lowest BCUT2D eigenvalue weighted by molar-refractivity contribution is -0.384. The summed E-state index contributed by atoms with van der Waals surface area (Å²) < 4.78 is 7.84. The van der Waals surface area contributed by atoms with Crippen molar-refractivity contribution >= 4 is 29.0 Å². The first kappa shape index (κ1) is 22.3. The molecule has 0 atom stereocenters. The molecule has 162 valence electrons. The van der Waals surface area contributed by atoms with Gasteiger partial charge in [0, 0.05) is 24.4 Å². The van der Waals surface area contributed by atoms with Crippen molar-refractivity contribution in [2.24, 2.45) is 0 Å². The zero-order chi connectivity index (χ0) is 22.4.